The number of nitrogens with zero attached hydrogens (tertiary/aromatic N) is 1. The van der Waals surface area contributed by atoms with Crippen molar-refractivity contribution in [2.75, 3.05) is 7.11 Å². The predicted octanol–water partition coefficient (Wildman–Crippen LogP) is 8.55. The molecule has 0 saturated heterocycles. The van der Waals surface area contributed by atoms with Gasteiger partial charge in [0.2, 0.25) is 0 Å². The second-order valence-corrected chi connectivity index (χ2v) is 14.5. The molecule has 0 saturated carbocycles. The molecule has 0 radical (unpaired) electrons. The Morgan fingerprint density at radius 1 is 0.727 bits per heavy atom. The van der Waals surface area contributed by atoms with Gasteiger partial charge in [-0.3, -0.25) is 4.99 Å². The van der Waals surface area contributed by atoms with E-state index < -0.39 is 14.7 Å². The summed E-state index contributed by atoms with van der Waals surface area (Å²) in [6, 6.07) is 31.3. The maximum absolute atomic E-state index is 10.8. The second kappa shape index (κ2) is 12.8. The van der Waals surface area contributed by atoms with Gasteiger partial charge in [0.15, 0.2) is 0 Å². The standard InChI is InChI=1S/C26H21NO2.3ClH.Ti/c1-29-25-17-8-6-14-23(25)22-13-5-7-16-24(22)27-18-20-12-9-15-21(26(20)28)19-10-3-2-4-11-19;;;;/h2-18,28H,1H3;3*1H;/q;;;;+3/p-3. The maximum atomic E-state index is 10.8. The average molecular weight is 534 g/mol. The Hall–Kier alpha value is -2.27. The van der Waals surface area contributed by atoms with Crippen molar-refractivity contribution in [2.24, 2.45) is 4.99 Å². The molecule has 0 aliphatic carbocycles. The Balaban J connectivity index is 0.000000709. The van der Waals surface area contributed by atoms with Gasteiger partial charge in [0.1, 0.15) is 11.5 Å². The van der Waals surface area contributed by atoms with Crippen molar-refractivity contribution in [1.82, 2.24) is 0 Å². The van der Waals surface area contributed by atoms with Crippen molar-refractivity contribution in [3.63, 3.8) is 0 Å². The number of ether oxygens (including phenoxy) is 1. The third-order valence-electron chi connectivity index (χ3n) is 4.80. The van der Waals surface area contributed by atoms with E-state index in [1.165, 1.54) is 0 Å². The Kier molecular flexibility index (Phi) is 9.86. The summed E-state index contributed by atoms with van der Waals surface area (Å²) < 4.78 is 5.51. The van der Waals surface area contributed by atoms with Crippen LogP contribution in [0, 0.1) is 0 Å². The normalized spacial score (nSPS) is 10.4. The molecule has 0 atom stereocenters. The zero-order valence-electron chi connectivity index (χ0n) is 17.8. The van der Waals surface area contributed by atoms with Gasteiger partial charge in [-0.2, -0.15) is 0 Å². The van der Waals surface area contributed by atoms with Crippen LogP contribution in [0.1, 0.15) is 5.56 Å². The number of phenolic OH excluding ortho intramolecular Hbond substituents is 1. The molecule has 0 unspecified atom stereocenters. The number of phenols is 1. The van der Waals surface area contributed by atoms with Gasteiger partial charge in [0, 0.05) is 28.5 Å². The molecule has 0 fully saturated rings. The summed E-state index contributed by atoms with van der Waals surface area (Å²) in [5.41, 5.74) is 5.18. The van der Waals surface area contributed by atoms with Crippen molar-refractivity contribution in [1.29, 1.82) is 0 Å². The Morgan fingerprint density at radius 2 is 1.30 bits per heavy atom. The van der Waals surface area contributed by atoms with Gasteiger partial charge in [0.25, 0.3) is 0 Å². The molecule has 0 amide bonds. The van der Waals surface area contributed by atoms with Crippen molar-refractivity contribution in [3.8, 4) is 33.8 Å². The van der Waals surface area contributed by atoms with Gasteiger partial charge in [-0.1, -0.05) is 78.9 Å². The summed E-state index contributed by atoms with van der Waals surface area (Å²) >= 11 is -1.92. The summed E-state index contributed by atoms with van der Waals surface area (Å²) in [5.74, 6) is 1.02. The predicted molar refractivity (Wildman–Crippen MR) is 137 cm³/mol. The average Bonchev–Trinajstić information content (AvgIpc) is 2.84. The molecule has 4 aromatic rings. The number of methoxy groups -OCH3 is 1. The number of hydrogen-bond acceptors (Lipinski definition) is 3. The van der Waals surface area contributed by atoms with Crippen molar-refractivity contribution in [2.45, 2.75) is 0 Å². The summed E-state index contributed by atoms with van der Waals surface area (Å²) in [6.45, 7) is 0. The zero-order chi connectivity index (χ0) is 23.6. The minimum atomic E-state index is -1.92. The molecule has 33 heavy (non-hydrogen) atoms. The number of aromatic hydroxyl groups is 1. The number of aliphatic imine (C=N–C) groups is 1. The van der Waals surface area contributed by atoms with Crippen LogP contribution in [0.4, 0.5) is 5.69 Å². The molecule has 0 aliphatic rings. The van der Waals surface area contributed by atoms with E-state index in [-0.39, 0.29) is 5.75 Å². The van der Waals surface area contributed by atoms with Crippen LogP contribution in [0.2, 0.25) is 0 Å². The molecule has 0 spiro atoms. The first kappa shape index (κ1) is 25.4. The van der Waals surface area contributed by atoms with E-state index in [4.69, 9.17) is 32.7 Å². The van der Waals surface area contributed by atoms with Gasteiger partial charge in [-0.15, -0.1) is 0 Å². The Bertz CT molecular complexity index is 1210. The first-order chi connectivity index (χ1) is 16.0. The van der Waals surface area contributed by atoms with Crippen molar-refractivity contribution in [3.05, 3.63) is 103 Å². The molecule has 4 aromatic carbocycles. The fraction of sp³-hybridized carbons (Fsp3) is 0.0385. The van der Waals surface area contributed by atoms with Crippen LogP contribution in [-0.4, -0.2) is 18.4 Å². The monoisotopic (exact) mass is 532 g/mol. The molecule has 167 valence electrons. The molecule has 7 heteroatoms. The molecule has 4 rings (SSSR count). The van der Waals surface area contributed by atoms with Crippen LogP contribution < -0.4 is 4.74 Å². The number of hydrogen-bond donors (Lipinski definition) is 1. The van der Waals surface area contributed by atoms with Crippen molar-refractivity contribution < 1.29 is 24.5 Å². The molecule has 0 aliphatic heterocycles. The fourth-order valence-electron chi connectivity index (χ4n) is 3.34. The van der Waals surface area contributed by atoms with Crippen LogP contribution >= 0.6 is 27.9 Å². The molecule has 0 aromatic heterocycles. The SMILES string of the molecule is COc1ccccc1-c1ccccc1N=Cc1cccc(-c2ccccc2)c1O.[Cl][Ti]([Cl])[Cl]. The first-order valence-corrected chi connectivity index (χ1v) is 16.4. The van der Waals surface area contributed by atoms with Crippen LogP contribution in [0.5, 0.6) is 11.5 Å². The van der Waals surface area contributed by atoms with E-state index in [9.17, 15) is 5.11 Å². The zero-order valence-corrected chi connectivity index (χ0v) is 21.6. The summed E-state index contributed by atoms with van der Waals surface area (Å²) in [6.07, 6.45) is 1.70. The minimum absolute atomic E-state index is 0.220. The second-order valence-electron chi connectivity index (χ2n) is 6.80. The van der Waals surface area contributed by atoms with Gasteiger partial charge in [0.05, 0.1) is 12.8 Å². The van der Waals surface area contributed by atoms with E-state index >= 15 is 0 Å². The number of halogens is 3. The molecular formula is C26H21Cl3NO2Ti. The fourth-order valence-corrected chi connectivity index (χ4v) is 3.34. The number of benzene rings is 4. The van der Waals surface area contributed by atoms with Gasteiger partial charge >= 0.3 is 42.6 Å². The molecular weight excluding hydrogens is 513 g/mol. The summed E-state index contributed by atoms with van der Waals surface area (Å²) in [7, 11) is 16.6. The van der Waals surface area contributed by atoms with E-state index in [2.05, 4.69) is 4.99 Å². The van der Waals surface area contributed by atoms with E-state index in [0.717, 1.165) is 33.7 Å². The van der Waals surface area contributed by atoms with Gasteiger partial charge < -0.3 is 9.84 Å². The van der Waals surface area contributed by atoms with E-state index in [1.807, 2.05) is 97.1 Å². The number of rotatable bonds is 5. The Labute approximate surface area is 211 Å². The summed E-state index contributed by atoms with van der Waals surface area (Å²) in [4.78, 5) is 4.68. The van der Waals surface area contributed by atoms with Crippen LogP contribution in [0.3, 0.4) is 0 Å². The third kappa shape index (κ3) is 7.11. The van der Waals surface area contributed by atoms with Crippen LogP contribution in [0.25, 0.3) is 22.3 Å². The topological polar surface area (TPSA) is 41.8 Å². The van der Waals surface area contributed by atoms with Crippen molar-refractivity contribution >= 4 is 39.8 Å². The van der Waals surface area contributed by atoms with Crippen LogP contribution in [0.15, 0.2) is 102 Å². The molecule has 1 N–H and O–H groups in total. The Morgan fingerprint density at radius 3 is 2.00 bits per heavy atom. The third-order valence-corrected chi connectivity index (χ3v) is 4.80. The first-order valence-electron chi connectivity index (χ1n) is 9.98. The number of para-hydroxylation sites is 3. The molecule has 3 nitrogen and oxygen atoms in total. The molecule has 0 heterocycles. The van der Waals surface area contributed by atoms with E-state index in [0.29, 0.717) is 5.56 Å². The summed E-state index contributed by atoms with van der Waals surface area (Å²) in [5, 5.41) is 10.8. The molecule has 0 bridgehead atoms. The van der Waals surface area contributed by atoms with E-state index in [1.54, 1.807) is 13.3 Å². The van der Waals surface area contributed by atoms with Crippen LogP contribution in [-0.2, 0) is 14.7 Å². The quantitative estimate of drug-likeness (QED) is 0.206. The van der Waals surface area contributed by atoms with Gasteiger partial charge in [-0.25, -0.2) is 0 Å². The van der Waals surface area contributed by atoms with Gasteiger partial charge in [-0.05, 0) is 23.8 Å².